The molecule has 2 heterocycles. The fourth-order valence-electron chi connectivity index (χ4n) is 2.16. The standard InChI is InChI=1S/C14H14BrN3O5/c1-2-8-12(18-6-7(15)3-4-10(18)16-8)13(21)17-9(14(22)23)5-11(19)20/h3-4,6,9H,2,5H2,1H3,(H,17,21)(H,19,20)(H,22,23). The number of nitrogens with zero attached hydrogens (tertiary/aromatic N) is 2. The quantitative estimate of drug-likeness (QED) is 0.691. The van der Waals surface area contributed by atoms with Crippen molar-refractivity contribution in [3.8, 4) is 0 Å². The summed E-state index contributed by atoms with van der Waals surface area (Å²) in [6.45, 7) is 1.82. The van der Waals surface area contributed by atoms with Gasteiger partial charge in [-0.3, -0.25) is 14.0 Å². The van der Waals surface area contributed by atoms with E-state index in [2.05, 4.69) is 26.2 Å². The highest BCUT2D eigenvalue weighted by molar-refractivity contribution is 9.10. The summed E-state index contributed by atoms with van der Waals surface area (Å²) in [6.07, 6.45) is 1.41. The van der Waals surface area contributed by atoms with E-state index in [0.717, 1.165) is 4.47 Å². The molecule has 0 bridgehead atoms. The molecule has 0 aromatic carbocycles. The topological polar surface area (TPSA) is 121 Å². The first-order chi connectivity index (χ1) is 10.8. The maximum absolute atomic E-state index is 12.5. The number of aromatic nitrogens is 2. The highest BCUT2D eigenvalue weighted by atomic mass is 79.9. The molecule has 122 valence electrons. The molecular formula is C14H14BrN3O5. The molecule has 0 saturated heterocycles. The van der Waals surface area contributed by atoms with E-state index in [1.165, 1.54) is 4.40 Å². The lowest BCUT2D eigenvalue weighted by atomic mass is 10.2. The average Bonchev–Trinajstić information content (AvgIpc) is 2.83. The Morgan fingerprint density at radius 1 is 1.35 bits per heavy atom. The molecule has 8 nitrogen and oxygen atoms in total. The maximum atomic E-state index is 12.5. The molecule has 0 aliphatic heterocycles. The smallest absolute Gasteiger partial charge is 0.326 e. The third-order valence-electron chi connectivity index (χ3n) is 3.19. The van der Waals surface area contributed by atoms with E-state index in [0.29, 0.717) is 17.8 Å². The predicted octanol–water partition coefficient (Wildman–Crippen LogP) is 1.32. The molecule has 2 aromatic rings. The summed E-state index contributed by atoms with van der Waals surface area (Å²) in [6, 6.07) is 1.97. The van der Waals surface area contributed by atoms with E-state index in [1.807, 2.05) is 6.92 Å². The van der Waals surface area contributed by atoms with Gasteiger partial charge in [-0.05, 0) is 34.5 Å². The summed E-state index contributed by atoms with van der Waals surface area (Å²) >= 11 is 3.30. The van der Waals surface area contributed by atoms with Gasteiger partial charge in [-0.15, -0.1) is 0 Å². The van der Waals surface area contributed by atoms with Gasteiger partial charge in [0.05, 0.1) is 12.1 Å². The summed E-state index contributed by atoms with van der Waals surface area (Å²) in [7, 11) is 0. The Morgan fingerprint density at radius 3 is 2.61 bits per heavy atom. The highest BCUT2D eigenvalue weighted by Gasteiger charge is 2.26. The molecule has 3 N–H and O–H groups in total. The largest absolute Gasteiger partial charge is 0.481 e. The van der Waals surface area contributed by atoms with Crippen LogP contribution in [0.1, 0.15) is 29.5 Å². The van der Waals surface area contributed by atoms with E-state index in [4.69, 9.17) is 10.2 Å². The van der Waals surface area contributed by atoms with Crippen LogP contribution in [0.4, 0.5) is 0 Å². The van der Waals surface area contributed by atoms with Gasteiger partial charge in [-0.25, -0.2) is 9.78 Å². The monoisotopic (exact) mass is 383 g/mol. The van der Waals surface area contributed by atoms with Gasteiger partial charge in [0.2, 0.25) is 0 Å². The van der Waals surface area contributed by atoms with Crippen molar-refractivity contribution < 1.29 is 24.6 Å². The number of pyridine rings is 1. The van der Waals surface area contributed by atoms with Gasteiger partial charge < -0.3 is 15.5 Å². The Labute approximate surface area is 139 Å². The number of imidazole rings is 1. The van der Waals surface area contributed by atoms with Gasteiger partial charge in [0.25, 0.3) is 5.91 Å². The lowest BCUT2D eigenvalue weighted by molar-refractivity contribution is -0.145. The van der Waals surface area contributed by atoms with Crippen LogP contribution in [0, 0.1) is 0 Å². The van der Waals surface area contributed by atoms with Gasteiger partial charge in [-0.2, -0.15) is 0 Å². The minimum absolute atomic E-state index is 0.195. The highest BCUT2D eigenvalue weighted by Crippen LogP contribution is 2.18. The first-order valence-electron chi connectivity index (χ1n) is 6.75. The van der Waals surface area contributed by atoms with Crippen molar-refractivity contribution in [1.82, 2.24) is 14.7 Å². The summed E-state index contributed by atoms with van der Waals surface area (Å²) in [5, 5.41) is 20.0. The average molecular weight is 384 g/mol. The first kappa shape index (κ1) is 16.9. The molecule has 9 heteroatoms. The number of carbonyl (C=O) groups excluding carboxylic acids is 1. The van der Waals surface area contributed by atoms with Crippen LogP contribution in [0.15, 0.2) is 22.8 Å². The Kier molecular flexibility index (Phi) is 4.99. The van der Waals surface area contributed by atoms with E-state index in [-0.39, 0.29) is 5.69 Å². The third kappa shape index (κ3) is 3.67. The molecule has 0 aliphatic carbocycles. The SMILES string of the molecule is CCc1nc2ccc(Br)cn2c1C(=O)NC(CC(=O)O)C(=O)O. The Morgan fingerprint density at radius 2 is 2.04 bits per heavy atom. The number of aryl methyl sites for hydroxylation is 1. The molecule has 0 radical (unpaired) electrons. The third-order valence-corrected chi connectivity index (χ3v) is 3.66. The number of amides is 1. The Bertz CT molecular complexity index is 786. The normalized spacial score (nSPS) is 12.1. The molecular weight excluding hydrogens is 370 g/mol. The van der Waals surface area contributed by atoms with E-state index >= 15 is 0 Å². The van der Waals surface area contributed by atoms with Crippen molar-refractivity contribution in [2.45, 2.75) is 25.8 Å². The number of rotatable bonds is 6. The molecule has 1 amide bonds. The van der Waals surface area contributed by atoms with Gasteiger partial charge in [0.1, 0.15) is 17.4 Å². The van der Waals surface area contributed by atoms with E-state index in [9.17, 15) is 14.4 Å². The van der Waals surface area contributed by atoms with Crippen LogP contribution in [0.3, 0.4) is 0 Å². The van der Waals surface area contributed by atoms with Crippen LogP contribution in [0.5, 0.6) is 0 Å². The van der Waals surface area contributed by atoms with E-state index in [1.54, 1.807) is 18.3 Å². The number of fused-ring (bicyclic) bond motifs is 1. The second-order valence-corrected chi connectivity index (χ2v) is 5.71. The number of aliphatic carboxylic acids is 2. The second-order valence-electron chi connectivity index (χ2n) is 4.80. The number of halogens is 1. The fraction of sp³-hybridized carbons (Fsp3) is 0.286. The van der Waals surface area contributed by atoms with Crippen molar-refractivity contribution in [3.63, 3.8) is 0 Å². The lowest BCUT2D eigenvalue weighted by Gasteiger charge is -2.13. The van der Waals surface area contributed by atoms with Crippen molar-refractivity contribution in [3.05, 3.63) is 34.2 Å². The van der Waals surface area contributed by atoms with E-state index < -0.39 is 30.3 Å². The minimum Gasteiger partial charge on any atom is -0.481 e. The molecule has 23 heavy (non-hydrogen) atoms. The van der Waals surface area contributed by atoms with Gasteiger partial charge in [-0.1, -0.05) is 6.92 Å². The summed E-state index contributed by atoms with van der Waals surface area (Å²) in [5.74, 6) is -3.40. The summed E-state index contributed by atoms with van der Waals surface area (Å²) in [4.78, 5) is 38.6. The van der Waals surface area contributed by atoms with Gasteiger partial charge >= 0.3 is 11.9 Å². The van der Waals surface area contributed by atoms with Crippen molar-refractivity contribution >= 4 is 39.4 Å². The molecule has 0 aliphatic rings. The molecule has 0 spiro atoms. The van der Waals surface area contributed by atoms with Gasteiger partial charge in [0.15, 0.2) is 0 Å². The van der Waals surface area contributed by atoms with Crippen LogP contribution in [-0.2, 0) is 16.0 Å². The lowest BCUT2D eigenvalue weighted by Crippen LogP contribution is -2.42. The van der Waals surface area contributed by atoms with Crippen LogP contribution >= 0.6 is 15.9 Å². The molecule has 0 saturated carbocycles. The van der Waals surface area contributed by atoms with Crippen molar-refractivity contribution in [2.24, 2.45) is 0 Å². The molecule has 0 fully saturated rings. The number of carboxylic acids is 2. The zero-order valence-corrected chi connectivity index (χ0v) is 13.7. The van der Waals surface area contributed by atoms with Crippen molar-refractivity contribution in [2.75, 3.05) is 0 Å². The number of carbonyl (C=O) groups is 3. The number of hydrogen-bond acceptors (Lipinski definition) is 4. The second kappa shape index (κ2) is 6.78. The molecule has 1 atom stereocenters. The minimum atomic E-state index is -1.51. The Hall–Kier alpha value is -2.42. The summed E-state index contributed by atoms with van der Waals surface area (Å²) < 4.78 is 2.26. The predicted molar refractivity (Wildman–Crippen MR) is 83.4 cm³/mol. The summed E-state index contributed by atoms with van der Waals surface area (Å²) in [5.41, 5.74) is 1.24. The van der Waals surface area contributed by atoms with Crippen molar-refractivity contribution in [1.29, 1.82) is 0 Å². The maximum Gasteiger partial charge on any atom is 0.326 e. The zero-order valence-electron chi connectivity index (χ0n) is 12.1. The van der Waals surface area contributed by atoms with Crippen LogP contribution < -0.4 is 5.32 Å². The molecule has 2 rings (SSSR count). The van der Waals surface area contributed by atoms with Crippen LogP contribution in [-0.4, -0.2) is 43.5 Å². The number of hydrogen-bond donors (Lipinski definition) is 3. The Balaban J connectivity index is 2.41. The molecule has 1 unspecified atom stereocenters. The zero-order chi connectivity index (χ0) is 17.1. The first-order valence-corrected chi connectivity index (χ1v) is 7.54. The number of nitrogens with one attached hydrogen (secondary N) is 1. The number of carboxylic acid groups (broad SMARTS) is 2. The fourth-order valence-corrected chi connectivity index (χ4v) is 2.49. The molecule has 2 aromatic heterocycles. The van der Waals surface area contributed by atoms with Crippen LogP contribution in [0.2, 0.25) is 0 Å². The van der Waals surface area contributed by atoms with Gasteiger partial charge in [0, 0.05) is 10.7 Å². The van der Waals surface area contributed by atoms with Crippen LogP contribution in [0.25, 0.3) is 5.65 Å².